The molecule has 5 aliphatic heterocycles. The fourth-order valence-electron chi connectivity index (χ4n) is 5.54. The molecule has 16 heteroatoms. The summed E-state index contributed by atoms with van der Waals surface area (Å²) in [6.45, 7) is 16.3. The van der Waals surface area contributed by atoms with Gasteiger partial charge in [-0.3, -0.25) is 9.69 Å². The summed E-state index contributed by atoms with van der Waals surface area (Å²) in [6, 6.07) is 1.08. The van der Waals surface area contributed by atoms with E-state index in [1.807, 2.05) is 47.6 Å². The van der Waals surface area contributed by atoms with Crippen LogP contribution >= 0.6 is 23.5 Å². The smallest absolute Gasteiger partial charge is 0.411 e. The number of hydrogen-bond donors (Lipinski definition) is 5. The molecule has 5 aliphatic rings. The predicted octanol–water partition coefficient (Wildman–Crippen LogP) is 4.17. The second-order valence-electron chi connectivity index (χ2n) is 16.5. The number of amides is 1. The molecule has 0 saturated carbocycles. The van der Waals surface area contributed by atoms with Crippen LogP contribution in [0.3, 0.4) is 0 Å². The first-order valence-corrected chi connectivity index (χ1v) is 20.8. The third-order valence-electron chi connectivity index (χ3n) is 9.12. The Labute approximate surface area is 335 Å². The summed E-state index contributed by atoms with van der Waals surface area (Å²) in [5, 5.41) is 53.6. The molecule has 0 aliphatic carbocycles. The minimum absolute atomic E-state index is 0.0198. The fourth-order valence-corrected chi connectivity index (χ4v) is 8.08. The van der Waals surface area contributed by atoms with Crippen LogP contribution in [0.25, 0.3) is 0 Å². The number of rotatable bonds is 12. The highest BCUT2D eigenvalue weighted by Crippen LogP contribution is 2.42. The lowest BCUT2D eigenvalue weighted by molar-refractivity contribution is -0.467. The van der Waals surface area contributed by atoms with Crippen LogP contribution in [0.2, 0.25) is 0 Å². The summed E-state index contributed by atoms with van der Waals surface area (Å²) in [4.78, 5) is 26.5. The van der Waals surface area contributed by atoms with Crippen molar-refractivity contribution in [3.05, 3.63) is 11.0 Å². The van der Waals surface area contributed by atoms with Gasteiger partial charge >= 0.3 is 12.1 Å². The highest BCUT2D eigenvalue weighted by molar-refractivity contribution is 8.03. The molecule has 0 spiro atoms. The van der Waals surface area contributed by atoms with Crippen molar-refractivity contribution in [3.63, 3.8) is 0 Å². The summed E-state index contributed by atoms with van der Waals surface area (Å²) in [5.74, 6) is 6.54. The highest BCUT2D eigenvalue weighted by Gasteiger charge is 2.50. The number of allylic oxidation sites excluding steroid dienone is 1. The Morgan fingerprint density at radius 2 is 1.65 bits per heavy atom. The summed E-state index contributed by atoms with van der Waals surface area (Å²) in [7, 11) is 0. The Balaban J connectivity index is 0.000000365. The van der Waals surface area contributed by atoms with Crippen LogP contribution in [0.4, 0.5) is 4.79 Å². The number of esters is 1. The topological polar surface area (TPSA) is 208 Å². The molecule has 5 rings (SSSR count). The molecule has 0 aromatic heterocycles. The first-order chi connectivity index (χ1) is 25.7. The molecule has 0 aromatic carbocycles. The maximum Gasteiger partial charge on any atom is 0.411 e. The first kappa shape index (κ1) is 49.1. The van der Waals surface area contributed by atoms with Gasteiger partial charge in [0, 0.05) is 46.5 Å². The van der Waals surface area contributed by atoms with Crippen LogP contribution in [0.5, 0.6) is 0 Å². The van der Waals surface area contributed by atoms with Gasteiger partial charge in [-0.2, -0.15) is 5.26 Å². The number of hydrogen-bond acceptors (Lipinski definition) is 15. The summed E-state index contributed by atoms with van der Waals surface area (Å²) in [5.41, 5.74) is -1.42. The lowest BCUT2D eigenvalue weighted by Crippen LogP contribution is -2.58. The van der Waals surface area contributed by atoms with Gasteiger partial charge in [-0.15, -0.1) is 29.4 Å². The van der Waals surface area contributed by atoms with E-state index in [9.17, 15) is 19.8 Å². The van der Waals surface area contributed by atoms with Crippen LogP contribution in [0, 0.1) is 39.9 Å². The van der Waals surface area contributed by atoms with Gasteiger partial charge in [0.25, 0.3) is 5.97 Å². The lowest BCUT2D eigenvalue weighted by Gasteiger charge is -2.50. The minimum atomic E-state index is -0.933. The second kappa shape index (κ2) is 22.2. The second-order valence-corrected chi connectivity index (χ2v) is 19.2. The zero-order chi connectivity index (χ0) is 41.5. The predicted molar refractivity (Wildman–Crippen MR) is 210 cm³/mol. The van der Waals surface area contributed by atoms with E-state index in [0.717, 1.165) is 23.5 Å². The number of ether oxygens (including phenoxy) is 5. The average molecular weight is 817 g/mol. The van der Waals surface area contributed by atoms with Crippen molar-refractivity contribution in [2.75, 3.05) is 57.8 Å². The molecule has 314 valence electrons. The average Bonchev–Trinajstić information content (AvgIpc) is 3.65. The van der Waals surface area contributed by atoms with Gasteiger partial charge in [0.1, 0.15) is 24.9 Å². The Morgan fingerprint density at radius 1 is 1.05 bits per heavy atom. The third-order valence-corrected chi connectivity index (χ3v) is 12.0. The number of nitriles is 1. The molecule has 5 saturated heterocycles. The maximum atomic E-state index is 12.7. The standard InChI is InChI=1S/C22H35NO6S.C15H26O5S.C2H3NO/c1-19(2,3)29-18(25)23-16(12-30-20(23,4)5)17(24)10-8-7-9-11-22-26-13-21(6,14-27-22)15-28-22;1-11-7-21-12(14(11)19)5-3-4-6-13(18)20-10-15(2,8-16)9-17;3-1-2-4/h16-17,24H,7,9,11-15H2,1-6H3;5,11,14,16-17,19H,3-4,6-10H2,1-2H3;4H,2H2/b;12-5+;/t16-,17+,21?,22?;11-,14-;/m00./s1. The molecule has 5 fully saturated rings. The Bertz CT molecular complexity index is 1340. The van der Waals surface area contributed by atoms with E-state index in [0.29, 0.717) is 57.2 Å². The van der Waals surface area contributed by atoms with Crippen molar-refractivity contribution in [2.45, 2.75) is 129 Å². The Morgan fingerprint density at radius 3 is 2.16 bits per heavy atom. The Kier molecular flexibility index (Phi) is 19.8. The van der Waals surface area contributed by atoms with Crippen molar-refractivity contribution < 1.29 is 58.8 Å². The van der Waals surface area contributed by atoms with Crippen LogP contribution in [0.15, 0.2) is 11.0 Å². The fraction of sp³-hybridized carbons (Fsp3) is 0.821. The number of aliphatic hydroxyl groups is 5. The first-order valence-electron chi connectivity index (χ1n) is 18.8. The quantitative estimate of drug-likeness (QED) is 0.0811. The molecule has 55 heavy (non-hydrogen) atoms. The largest absolute Gasteiger partial charge is 0.465 e. The molecule has 1 amide bonds. The number of carbonyl (C=O) groups excluding carboxylic acids is 2. The summed E-state index contributed by atoms with van der Waals surface area (Å²) >= 11 is 3.29. The maximum absolute atomic E-state index is 12.7. The van der Waals surface area contributed by atoms with E-state index >= 15 is 0 Å². The SMILES string of the molecule is CC12COC(CCCC#C[C@@H](O)[C@@H]3CSC(C)(C)N3C(=O)OC(C)(C)C)(OC1)OC2.C[C@H]1CS/C(=C/CCCC(=O)OCC(C)(CO)CO)[C@H]1O.N#CCO. The number of nitrogens with zero attached hydrogens (tertiary/aromatic N) is 2. The monoisotopic (exact) mass is 816 g/mol. The van der Waals surface area contributed by atoms with Crippen LogP contribution in [-0.2, 0) is 28.5 Å². The zero-order valence-electron chi connectivity index (χ0n) is 33.8. The van der Waals surface area contributed by atoms with Gasteiger partial charge in [0.05, 0.1) is 56.1 Å². The molecular formula is C39H64N2O12S2. The molecule has 4 atom stereocenters. The summed E-state index contributed by atoms with van der Waals surface area (Å²) < 4.78 is 28.0. The van der Waals surface area contributed by atoms with Crippen molar-refractivity contribution in [2.24, 2.45) is 16.7 Å². The number of unbranched alkanes of at least 4 members (excludes halogenated alkanes) is 2. The van der Waals surface area contributed by atoms with Crippen molar-refractivity contribution >= 4 is 35.6 Å². The highest BCUT2D eigenvalue weighted by atomic mass is 32.2. The van der Waals surface area contributed by atoms with E-state index in [4.69, 9.17) is 44.3 Å². The number of aliphatic hydroxyl groups excluding tert-OH is 5. The molecule has 5 N–H and O–H groups in total. The van der Waals surface area contributed by atoms with E-state index in [-0.39, 0.29) is 43.9 Å². The molecule has 5 heterocycles. The third kappa shape index (κ3) is 16.0. The van der Waals surface area contributed by atoms with E-state index in [1.54, 1.807) is 35.3 Å². The molecule has 0 aromatic rings. The number of carbonyl (C=O) groups is 2. The molecule has 14 nitrogen and oxygen atoms in total. The molecule has 0 unspecified atom stereocenters. The van der Waals surface area contributed by atoms with Gasteiger partial charge in [-0.05, 0) is 59.8 Å². The number of fused-ring (bicyclic) bond motifs is 3. The Hall–Kier alpha value is -2.09. The van der Waals surface area contributed by atoms with Crippen LogP contribution in [-0.4, -0.2) is 135 Å². The minimum Gasteiger partial charge on any atom is -0.465 e. The van der Waals surface area contributed by atoms with Gasteiger partial charge in [0.2, 0.25) is 0 Å². The molecule has 0 radical (unpaired) electrons. The lowest BCUT2D eigenvalue weighted by atomic mass is 9.91. The van der Waals surface area contributed by atoms with E-state index in [2.05, 4.69) is 18.8 Å². The number of thioether (sulfide) groups is 2. The molecular weight excluding hydrogens is 753 g/mol. The van der Waals surface area contributed by atoms with Gasteiger partial charge < -0.3 is 49.2 Å². The van der Waals surface area contributed by atoms with E-state index in [1.165, 1.54) is 6.07 Å². The normalized spacial score (nSPS) is 28.1. The van der Waals surface area contributed by atoms with Crippen LogP contribution in [0.1, 0.15) is 93.9 Å². The van der Waals surface area contributed by atoms with Gasteiger partial charge in [-0.1, -0.05) is 32.8 Å². The van der Waals surface area contributed by atoms with Crippen LogP contribution < -0.4 is 0 Å². The molecule has 2 bridgehead atoms. The zero-order valence-corrected chi connectivity index (χ0v) is 35.4. The summed E-state index contributed by atoms with van der Waals surface area (Å²) in [6.07, 6.45) is 3.90. The van der Waals surface area contributed by atoms with Crippen molar-refractivity contribution in [3.8, 4) is 17.9 Å². The van der Waals surface area contributed by atoms with Crippen molar-refractivity contribution in [1.29, 1.82) is 5.26 Å². The van der Waals surface area contributed by atoms with E-state index < -0.39 is 40.1 Å². The van der Waals surface area contributed by atoms with Crippen molar-refractivity contribution in [1.82, 2.24) is 4.90 Å². The van der Waals surface area contributed by atoms with Gasteiger partial charge in [-0.25, -0.2) is 4.79 Å². The van der Waals surface area contributed by atoms with Gasteiger partial charge in [0.15, 0.2) is 0 Å².